The third-order valence-electron chi connectivity index (χ3n) is 3.97. The lowest BCUT2D eigenvalue weighted by Gasteiger charge is -2.23. The van der Waals surface area contributed by atoms with Crippen LogP contribution in [0.1, 0.15) is 37.7 Å². The van der Waals surface area contributed by atoms with Crippen LogP contribution in [0.5, 0.6) is 5.75 Å². The van der Waals surface area contributed by atoms with Crippen molar-refractivity contribution in [1.82, 2.24) is 4.98 Å². The molecule has 1 fully saturated rings. The largest absolute Gasteiger partial charge is 0.490 e. The monoisotopic (exact) mass is 259 g/mol. The highest BCUT2D eigenvalue weighted by molar-refractivity contribution is 5.84. The summed E-state index contributed by atoms with van der Waals surface area (Å²) in [7, 11) is 0. The van der Waals surface area contributed by atoms with Gasteiger partial charge < -0.3 is 14.8 Å². The first kappa shape index (κ1) is 12.5. The highest BCUT2D eigenvalue weighted by atomic mass is 16.5. The van der Waals surface area contributed by atoms with Crippen molar-refractivity contribution in [2.24, 2.45) is 0 Å². The zero-order valence-corrected chi connectivity index (χ0v) is 11.2. The molecular weight excluding hydrogens is 238 g/mol. The Hall–Kier alpha value is -1.48. The summed E-state index contributed by atoms with van der Waals surface area (Å²) in [6.07, 6.45) is 9.31. The van der Waals surface area contributed by atoms with Gasteiger partial charge in [-0.15, -0.1) is 0 Å². The van der Waals surface area contributed by atoms with E-state index in [2.05, 4.69) is 17.1 Å². The number of aromatic amines is 1. The second kappa shape index (κ2) is 5.66. The lowest BCUT2D eigenvalue weighted by molar-refractivity contribution is 0.155. The average molecular weight is 259 g/mol. The SMILES string of the molecule is OCCc1c[nH]c2ccc(OC3CCCCC3)cc12. The first-order valence-corrected chi connectivity index (χ1v) is 7.24. The second-order valence-corrected chi connectivity index (χ2v) is 5.37. The number of hydrogen-bond donors (Lipinski definition) is 2. The summed E-state index contributed by atoms with van der Waals surface area (Å²) in [4.78, 5) is 3.24. The molecule has 102 valence electrons. The van der Waals surface area contributed by atoms with E-state index in [1.54, 1.807) is 0 Å². The lowest BCUT2D eigenvalue weighted by atomic mass is 9.98. The van der Waals surface area contributed by atoms with Crippen LogP contribution in [0.2, 0.25) is 0 Å². The minimum Gasteiger partial charge on any atom is -0.490 e. The van der Waals surface area contributed by atoms with Crippen LogP contribution < -0.4 is 4.74 Å². The van der Waals surface area contributed by atoms with Crippen LogP contribution in [0.25, 0.3) is 10.9 Å². The number of aliphatic hydroxyl groups is 1. The maximum absolute atomic E-state index is 9.08. The Morgan fingerprint density at radius 3 is 2.84 bits per heavy atom. The molecule has 1 aliphatic carbocycles. The summed E-state index contributed by atoms with van der Waals surface area (Å²) >= 11 is 0. The number of hydrogen-bond acceptors (Lipinski definition) is 2. The number of fused-ring (bicyclic) bond motifs is 1. The molecule has 0 spiro atoms. The van der Waals surface area contributed by atoms with Gasteiger partial charge in [0.1, 0.15) is 5.75 Å². The highest BCUT2D eigenvalue weighted by Crippen LogP contribution is 2.27. The zero-order valence-electron chi connectivity index (χ0n) is 11.2. The fraction of sp³-hybridized carbons (Fsp3) is 0.500. The van der Waals surface area contributed by atoms with E-state index in [4.69, 9.17) is 9.84 Å². The van der Waals surface area contributed by atoms with Crippen LogP contribution >= 0.6 is 0 Å². The summed E-state index contributed by atoms with van der Waals surface area (Å²) in [5, 5.41) is 10.3. The molecule has 1 heterocycles. The third-order valence-corrected chi connectivity index (χ3v) is 3.97. The highest BCUT2D eigenvalue weighted by Gasteiger charge is 2.15. The molecule has 3 rings (SSSR count). The van der Waals surface area contributed by atoms with Crippen molar-refractivity contribution in [3.8, 4) is 5.75 Å². The molecule has 1 saturated carbocycles. The first-order valence-electron chi connectivity index (χ1n) is 7.24. The Bertz CT molecular complexity index is 541. The van der Waals surface area contributed by atoms with Crippen LogP contribution in [0.15, 0.2) is 24.4 Å². The standard InChI is InChI=1S/C16H21NO2/c18-9-8-12-11-17-16-7-6-14(10-15(12)16)19-13-4-2-1-3-5-13/h6-7,10-11,13,17-18H,1-5,8-9H2. The van der Waals surface area contributed by atoms with Gasteiger partial charge in [-0.25, -0.2) is 0 Å². The van der Waals surface area contributed by atoms with Gasteiger partial charge in [-0.1, -0.05) is 6.42 Å². The van der Waals surface area contributed by atoms with Crippen LogP contribution in [-0.4, -0.2) is 22.8 Å². The zero-order chi connectivity index (χ0) is 13.1. The molecule has 0 aliphatic heterocycles. The number of benzene rings is 1. The smallest absolute Gasteiger partial charge is 0.120 e. The Morgan fingerprint density at radius 1 is 1.21 bits per heavy atom. The maximum atomic E-state index is 9.08. The molecule has 2 N–H and O–H groups in total. The predicted molar refractivity (Wildman–Crippen MR) is 76.6 cm³/mol. The number of H-pyrrole nitrogens is 1. The molecule has 3 nitrogen and oxygen atoms in total. The number of aromatic nitrogens is 1. The normalized spacial score (nSPS) is 16.9. The lowest BCUT2D eigenvalue weighted by Crippen LogP contribution is -2.19. The summed E-state index contributed by atoms with van der Waals surface area (Å²) in [5.74, 6) is 0.957. The molecular formula is C16H21NO2. The molecule has 1 aromatic carbocycles. The third kappa shape index (κ3) is 2.76. The van der Waals surface area contributed by atoms with Gasteiger partial charge in [-0.05, 0) is 55.9 Å². The van der Waals surface area contributed by atoms with Gasteiger partial charge in [-0.3, -0.25) is 0 Å². The number of rotatable bonds is 4. The van der Waals surface area contributed by atoms with Crippen LogP contribution in [0.3, 0.4) is 0 Å². The van der Waals surface area contributed by atoms with Crippen LogP contribution in [0.4, 0.5) is 0 Å². The molecule has 2 aromatic rings. The summed E-state index contributed by atoms with van der Waals surface area (Å²) in [5.41, 5.74) is 2.27. The summed E-state index contributed by atoms with van der Waals surface area (Å²) < 4.78 is 6.09. The molecule has 19 heavy (non-hydrogen) atoms. The molecule has 0 bridgehead atoms. The quantitative estimate of drug-likeness (QED) is 0.883. The van der Waals surface area contributed by atoms with Gasteiger partial charge in [0.25, 0.3) is 0 Å². The molecule has 0 atom stereocenters. The minimum atomic E-state index is 0.181. The Morgan fingerprint density at radius 2 is 2.05 bits per heavy atom. The van der Waals surface area contributed by atoms with E-state index in [0.717, 1.165) is 16.8 Å². The number of ether oxygens (including phenoxy) is 1. The molecule has 1 aromatic heterocycles. The first-order chi connectivity index (χ1) is 9.36. The van der Waals surface area contributed by atoms with E-state index in [9.17, 15) is 0 Å². The van der Waals surface area contributed by atoms with Gasteiger partial charge in [-0.2, -0.15) is 0 Å². The van der Waals surface area contributed by atoms with Crippen molar-refractivity contribution in [3.63, 3.8) is 0 Å². The van der Waals surface area contributed by atoms with Gasteiger partial charge in [0.15, 0.2) is 0 Å². The van der Waals surface area contributed by atoms with E-state index < -0.39 is 0 Å². The fourth-order valence-electron chi connectivity index (χ4n) is 2.93. The molecule has 0 unspecified atom stereocenters. The van der Waals surface area contributed by atoms with Gasteiger partial charge in [0, 0.05) is 23.7 Å². The number of nitrogens with one attached hydrogen (secondary N) is 1. The molecule has 0 radical (unpaired) electrons. The van der Waals surface area contributed by atoms with Crippen molar-refractivity contribution >= 4 is 10.9 Å². The minimum absolute atomic E-state index is 0.181. The van der Waals surface area contributed by atoms with E-state index in [-0.39, 0.29) is 6.61 Å². The maximum Gasteiger partial charge on any atom is 0.120 e. The van der Waals surface area contributed by atoms with Gasteiger partial charge in [0.2, 0.25) is 0 Å². The molecule has 0 amide bonds. The molecule has 0 saturated heterocycles. The molecule has 3 heteroatoms. The van der Waals surface area contributed by atoms with Crippen molar-refractivity contribution in [3.05, 3.63) is 30.0 Å². The summed E-state index contributed by atoms with van der Waals surface area (Å²) in [6, 6.07) is 6.20. The van der Waals surface area contributed by atoms with E-state index in [1.807, 2.05) is 12.3 Å². The van der Waals surface area contributed by atoms with Gasteiger partial charge in [0.05, 0.1) is 6.10 Å². The average Bonchev–Trinajstić information content (AvgIpc) is 2.83. The van der Waals surface area contributed by atoms with Gasteiger partial charge >= 0.3 is 0 Å². The Labute approximate surface area is 113 Å². The topological polar surface area (TPSA) is 45.2 Å². The van der Waals surface area contributed by atoms with E-state index >= 15 is 0 Å². The number of aliphatic hydroxyl groups excluding tert-OH is 1. The predicted octanol–water partition coefficient (Wildman–Crippen LogP) is 3.41. The van der Waals surface area contributed by atoms with Crippen molar-refractivity contribution in [2.45, 2.75) is 44.6 Å². The molecule has 1 aliphatic rings. The van der Waals surface area contributed by atoms with Crippen LogP contribution in [-0.2, 0) is 6.42 Å². The van der Waals surface area contributed by atoms with Crippen molar-refractivity contribution < 1.29 is 9.84 Å². The Balaban J connectivity index is 1.81. The van der Waals surface area contributed by atoms with E-state index in [1.165, 1.54) is 37.5 Å². The fourth-order valence-corrected chi connectivity index (χ4v) is 2.93. The second-order valence-electron chi connectivity index (χ2n) is 5.37. The van der Waals surface area contributed by atoms with Crippen molar-refractivity contribution in [1.29, 1.82) is 0 Å². The van der Waals surface area contributed by atoms with Crippen LogP contribution in [0, 0.1) is 0 Å². The van der Waals surface area contributed by atoms with E-state index in [0.29, 0.717) is 12.5 Å². The Kier molecular flexibility index (Phi) is 3.74. The summed E-state index contributed by atoms with van der Waals surface area (Å²) in [6.45, 7) is 0.181. The van der Waals surface area contributed by atoms with Crippen molar-refractivity contribution in [2.75, 3.05) is 6.61 Å².